The Balaban J connectivity index is 1.89. The number of thiophene rings is 1. The van der Waals surface area contributed by atoms with E-state index in [1.54, 1.807) is 11.3 Å². The van der Waals surface area contributed by atoms with Gasteiger partial charge in [0.15, 0.2) is 0 Å². The minimum atomic E-state index is 0.400. The van der Waals surface area contributed by atoms with Crippen LogP contribution in [0.15, 0.2) is 29.9 Å². The lowest BCUT2D eigenvalue weighted by Crippen LogP contribution is -2.16. The SMILES string of the molecule is CC(C)n1cc(CN[C@H](C)c2cccs2)cn1. The first kappa shape index (κ1) is 12.3. The maximum atomic E-state index is 4.34. The molecule has 2 heterocycles. The molecule has 0 spiro atoms. The normalized spacial score (nSPS) is 13.2. The fraction of sp³-hybridized carbons (Fsp3) is 0.462. The number of hydrogen-bond acceptors (Lipinski definition) is 3. The van der Waals surface area contributed by atoms with Crippen LogP contribution in [-0.2, 0) is 6.54 Å². The number of aromatic nitrogens is 2. The van der Waals surface area contributed by atoms with Crippen LogP contribution in [0.4, 0.5) is 0 Å². The van der Waals surface area contributed by atoms with Crippen LogP contribution in [0.2, 0.25) is 0 Å². The summed E-state index contributed by atoms with van der Waals surface area (Å²) in [5.41, 5.74) is 1.24. The van der Waals surface area contributed by atoms with Crippen LogP contribution < -0.4 is 5.32 Å². The van der Waals surface area contributed by atoms with Crippen LogP contribution in [0.25, 0.3) is 0 Å². The van der Waals surface area contributed by atoms with E-state index in [0.717, 1.165) is 6.54 Å². The van der Waals surface area contributed by atoms with E-state index >= 15 is 0 Å². The minimum Gasteiger partial charge on any atom is -0.305 e. The van der Waals surface area contributed by atoms with Gasteiger partial charge in [-0.05, 0) is 32.2 Å². The molecule has 17 heavy (non-hydrogen) atoms. The Morgan fingerprint density at radius 3 is 2.82 bits per heavy atom. The monoisotopic (exact) mass is 249 g/mol. The average molecular weight is 249 g/mol. The van der Waals surface area contributed by atoms with E-state index in [4.69, 9.17) is 0 Å². The van der Waals surface area contributed by atoms with Crippen LogP contribution in [0.1, 0.15) is 43.3 Å². The predicted octanol–water partition coefficient (Wildman–Crippen LogP) is 3.38. The number of rotatable bonds is 5. The van der Waals surface area contributed by atoms with Gasteiger partial charge in [0.1, 0.15) is 0 Å². The van der Waals surface area contributed by atoms with Crippen LogP contribution in [0, 0.1) is 0 Å². The first-order valence-corrected chi connectivity index (χ1v) is 6.84. The van der Waals surface area contributed by atoms with Gasteiger partial charge in [-0.15, -0.1) is 11.3 Å². The minimum absolute atomic E-state index is 0.400. The van der Waals surface area contributed by atoms with Crippen molar-refractivity contribution >= 4 is 11.3 Å². The third-order valence-corrected chi connectivity index (χ3v) is 3.82. The molecule has 0 saturated carbocycles. The predicted molar refractivity (Wildman–Crippen MR) is 72.2 cm³/mol. The molecule has 92 valence electrons. The Kier molecular flexibility index (Phi) is 3.97. The maximum Gasteiger partial charge on any atom is 0.0534 e. The molecule has 1 N–H and O–H groups in total. The van der Waals surface area contributed by atoms with Crippen molar-refractivity contribution in [2.24, 2.45) is 0 Å². The molecule has 1 atom stereocenters. The van der Waals surface area contributed by atoms with Crippen LogP contribution >= 0.6 is 11.3 Å². The van der Waals surface area contributed by atoms with Gasteiger partial charge in [-0.2, -0.15) is 5.10 Å². The summed E-state index contributed by atoms with van der Waals surface area (Å²) in [7, 11) is 0. The second kappa shape index (κ2) is 5.47. The van der Waals surface area contributed by atoms with E-state index < -0.39 is 0 Å². The highest BCUT2D eigenvalue weighted by atomic mass is 32.1. The zero-order valence-corrected chi connectivity index (χ0v) is 11.4. The van der Waals surface area contributed by atoms with E-state index in [1.807, 2.05) is 10.9 Å². The van der Waals surface area contributed by atoms with E-state index in [-0.39, 0.29) is 0 Å². The Bertz CT molecular complexity index is 445. The van der Waals surface area contributed by atoms with Gasteiger partial charge in [-0.25, -0.2) is 0 Å². The Labute approximate surface area is 106 Å². The smallest absolute Gasteiger partial charge is 0.0534 e. The number of hydrogen-bond donors (Lipinski definition) is 1. The molecule has 3 nitrogen and oxygen atoms in total. The summed E-state index contributed by atoms with van der Waals surface area (Å²) in [6, 6.07) is 5.09. The van der Waals surface area contributed by atoms with Gasteiger partial charge in [-0.3, -0.25) is 4.68 Å². The zero-order chi connectivity index (χ0) is 12.3. The number of nitrogens with one attached hydrogen (secondary N) is 1. The molecular weight excluding hydrogens is 230 g/mol. The summed E-state index contributed by atoms with van der Waals surface area (Å²) >= 11 is 1.79. The van der Waals surface area contributed by atoms with Crippen molar-refractivity contribution in [1.29, 1.82) is 0 Å². The van der Waals surface area contributed by atoms with Gasteiger partial charge >= 0.3 is 0 Å². The van der Waals surface area contributed by atoms with E-state index in [0.29, 0.717) is 12.1 Å². The zero-order valence-electron chi connectivity index (χ0n) is 10.6. The lowest BCUT2D eigenvalue weighted by Gasteiger charge is -2.10. The first-order chi connectivity index (χ1) is 8.16. The maximum absolute atomic E-state index is 4.34. The third kappa shape index (κ3) is 3.17. The van der Waals surface area contributed by atoms with E-state index in [9.17, 15) is 0 Å². The summed E-state index contributed by atoms with van der Waals surface area (Å²) in [4.78, 5) is 1.38. The summed E-state index contributed by atoms with van der Waals surface area (Å²) in [5, 5.41) is 9.96. The quantitative estimate of drug-likeness (QED) is 0.880. The molecule has 0 aromatic carbocycles. The topological polar surface area (TPSA) is 29.9 Å². The van der Waals surface area contributed by atoms with Gasteiger partial charge in [0.05, 0.1) is 6.20 Å². The molecule has 4 heteroatoms. The van der Waals surface area contributed by atoms with Crippen molar-refractivity contribution < 1.29 is 0 Å². The van der Waals surface area contributed by atoms with Crippen LogP contribution in [-0.4, -0.2) is 9.78 Å². The van der Waals surface area contributed by atoms with Crippen molar-refractivity contribution in [3.8, 4) is 0 Å². The largest absolute Gasteiger partial charge is 0.305 e. The van der Waals surface area contributed by atoms with Crippen LogP contribution in [0.5, 0.6) is 0 Å². The molecule has 2 rings (SSSR count). The van der Waals surface area contributed by atoms with Gasteiger partial charge in [0, 0.05) is 35.3 Å². The molecular formula is C13H19N3S. The second-order valence-electron chi connectivity index (χ2n) is 4.54. The first-order valence-electron chi connectivity index (χ1n) is 5.96. The van der Waals surface area contributed by atoms with Crippen molar-refractivity contribution in [2.45, 2.75) is 39.4 Å². The molecule has 0 amide bonds. The highest BCUT2D eigenvalue weighted by Gasteiger charge is 2.07. The van der Waals surface area contributed by atoms with E-state index in [2.05, 4.69) is 54.9 Å². The van der Waals surface area contributed by atoms with Crippen molar-refractivity contribution in [1.82, 2.24) is 15.1 Å². The molecule has 0 bridgehead atoms. The van der Waals surface area contributed by atoms with Crippen molar-refractivity contribution in [3.63, 3.8) is 0 Å². The fourth-order valence-electron chi connectivity index (χ4n) is 1.66. The van der Waals surface area contributed by atoms with E-state index in [1.165, 1.54) is 10.4 Å². The molecule has 2 aromatic rings. The van der Waals surface area contributed by atoms with Crippen LogP contribution in [0.3, 0.4) is 0 Å². The van der Waals surface area contributed by atoms with Gasteiger partial charge in [-0.1, -0.05) is 6.07 Å². The van der Waals surface area contributed by atoms with Gasteiger partial charge < -0.3 is 5.32 Å². The third-order valence-electron chi connectivity index (χ3n) is 2.77. The lowest BCUT2D eigenvalue weighted by atomic mass is 10.2. The molecule has 0 radical (unpaired) electrons. The molecule has 0 unspecified atom stereocenters. The molecule has 0 saturated heterocycles. The average Bonchev–Trinajstić information content (AvgIpc) is 2.97. The van der Waals surface area contributed by atoms with Gasteiger partial charge in [0.2, 0.25) is 0 Å². The summed E-state index contributed by atoms with van der Waals surface area (Å²) < 4.78 is 1.99. The van der Waals surface area contributed by atoms with Crippen molar-refractivity contribution in [2.75, 3.05) is 0 Å². The van der Waals surface area contributed by atoms with Gasteiger partial charge in [0.25, 0.3) is 0 Å². The molecule has 2 aromatic heterocycles. The Hall–Kier alpha value is -1.13. The highest BCUT2D eigenvalue weighted by Crippen LogP contribution is 2.18. The number of nitrogens with zero attached hydrogens (tertiary/aromatic N) is 2. The summed E-state index contributed by atoms with van der Waals surface area (Å²) in [6.07, 6.45) is 4.05. The lowest BCUT2D eigenvalue weighted by molar-refractivity contribution is 0.530. The summed E-state index contributed by atoms with van der Waals surface area (Å²) in [5.74, 6) is 0. The molecule has 0 aliphatic heterocycles. The molecule has 0 fully saturated rings. The molecule has 0 aliphatic carbocycles. The second-order valence-corrected chi connectivity index (χ2v) is 5.52. The molecule has 0 aliphatic rings. The summed E-state index contributed by atoms with van der Waals surface area (Å²) in [6.45, 7) is 7.33. The Morgan fingerprint density at radius 2 is 2.24 bits per heavy atom. The Morgan fingerprint density at radius 1 is 1.41 bits per heavy atom. The fourth-order valence-corrected chi connectivity index (χ4v) is 2.42. The standard InChI is InChI=1S/C13H19N3S/c1-10(2)16-9-12(8-15-16)7-14-11(3)13-5-4-6-17-13/h4-6,8-11,14H,7H2,1-3H3/t11-/m1/s1. The highest BCUT2D eigenvalue weighted by molar-refractivity contribution is 7.10. The van der Waals surface area contributed by atoms with Crippen molar-refractivity contribution in [3.05, 3.63) is 40.3 Å².